The maximum absolute atomic E-state index is 5.98. The van der Waals surface area contributed by atoms with E-state index in [9.17, 15) is 0 Å². The van der Waals surface area contributed by atoms with Crippen LogP contribution in [0.1, 0.15) is 0 Å². The predicted molar refractivity (Wildman–Crippen MR) is 70.7 cm³/mol. The summed E-state index contributed by atoms with van der Waals surface area (Å²) in [4.78, 5) is 7.62. The molecular weight excluding hydrogens is 329 g/mol. The number of benzene rings is 1. The van der Waals surface area contributed by atoms with E-state index in [0.29, 0.717) is 10.8 Å². The molecule has 1 aromatic heterocycles. The molecule has 0 aliphatic carbocycles. The Balaban J connectivity index is 2.38. The summed E-state index contributed by atoms with van der Waals surface area (Å²) in [5.41, 5.74) is 5.85. The summed E-state index contributed by atoms with van der Waals surface area (Å²) in [5, 5.41) is 0.587. The van der Waals surface area contributed by atoms with Gasteiger partial charge in [0.2, 0.25) is 5.88 Å². The lowest BCUT2D eigenvalue weighted by molar-refractivity contribution is 0.464. The number of hydrogen-bond acceptors (Lipinski definition) is 4. The number of ether oxygens (including phenoxy) is 1. The standard InChI is InChI=1S/C10H6BrCl2N3O/c11-5-1-2-6(12)7(3-5)17-10-8(14)9(13)15-4-16-10/h1-4H,14H2. The van der Waals surface area contributed by atoms with Crippen molar-refractivity contribution in [1.82, 2.24) is 9.97 Å². The van der Waals surface area contributed by atoms with Crippen LogP contribution in [0.25, 0.3) is 0 Å². The van der Waals surface area contributed by atoms with Crippen molar-refractivity contribution in [1.29, 1.82) is 0 Å². The van der Waals surface area contributed by atoms with E-state index in [1.165, 1.54) is 6.33 Å². The highest BCUT2D eigenvalue weighted by Crippen LogP contribution is 2.34. The molecule has 0 radical (unpaired) electrons. The fraction of sp³-hybridized carbons (Fsp3) is 0. The summed E-state index contributed by atoms with van der Waals surface area (Å²) in [6.45, 7) is 0. The van der Waals surface area contributed by atoms with Crippen molar-refractivity contribution in [3.05, 3.63) is 39.2 Å². The second-order valence-corrected chi connectivity index (χ2v) is 4.74. The summed E-state index contributed by atoms with van der Waals surface area (Å²) in [6, 6.07) is 5.20. The maximum atomic E-state index is 5.98. The summed E-state index contributed by atoms with van der Waals surface area (Å²) >= 11 is 15.0. The SMILES string of the molecule is Nc1c(Cl)ncnc1Oc1cc(Br)ccc1Cl. The number of hydrogen-bond donors (Lipinski definition) is 1. The number of nitrogen functional groups attached to an aromatic ring is 1. The number of rotatable bonds is 2. The van der Waals surface area contributed by atoms with Gasteiger partial charge in [0.05, 0.1) is 5.02 Å². The van der Waals surface area contributed by atoms with Crippen LogP contribution in [-0.2, 0) is 0 Å². The van der Waals surface area contributed by atoms with E-state index in [1.807, 2.05) is 0 Å². The van der Waals surface area contributed by atoms with Crippen molar-refractivity contribution in [2.45, 2.75) is 0 Å². The Bertz CT molecular complexity index is 565. The molecule has 7 heteroatoms. The number of nitrogens with two attached hydrogens (primary N) is 1. The summed E-state index contributed by atoms with van der Waals surface area (Å²) in [5.74, 6) is 0.604. The lowest BCUT2D eigenvalue weighted by atomic mass is 10.3. The Hall–Kier alpha value is -1.04. The van der Waals surface area contributed by atoms with E-state index >= 15 is 0 Å². The molecule has 17 heavy (non-hydrogen) atoms. The van der Waals surface area contributed by atoms with E-state index in [4.69, 9.17) is 33.7 Å². The van der Waals surface area contributed by atoms with E-state index in [1.54, 1.807) is 18.2 Å². The number of aromatic nitrogens is 2. The molecule has 4 nitrogen and oxygen atoms in total. The Kier molecular flexibility index (Phi) is 3.71. The molecule has 2 aromatic rings. The number of nitrogens with zero attached hydrogens (tertiary/aromatic N) is 2. The van der Waals surface area contributed by atoms with E-state index in [-0.39, 0.29) is 16.7 Å². The zero-order valence-corrected chi connectivity index (χ0v) is 11.4. The normalized spacial score (nSPS) is 10.3. The van der Waals surface area contributed by atoms with Crippen molar-refractivity contribution in [3.8, 4) is 11.6 Å². The molecule has 2 rings (SSSR count). The van der Waals surface area contributed by atoms with Crippen LogP contribution < -0.4 is 10.5 Å². The molecule has 0 aliphatic heterocycles. The van der Waals surface area contributed by atoms with Gasteiger partial charge in [0.15, 0.2) is 5.15 Å². The predicted octanol–water partition coefficient (Wildman–Crippen LogP) is 3.92. The van der Waals surface area contributed by atoms with E-state index in [0.717, 1.165) is 4.47 Å². The first-order chi connectivity index (χ1) is 8.08. The molecule has 0 bridgehead atoms. The quantitative estimate of drug-likeness (QED) is 0.845. The van der Waals surface area contributed by atoms with Gasteiger partial charge >= 0.3 is 0 Å². The molecule has 0 saturated heterocycles. The highest BCUT2D eigenvalue weighted by atomic mass is 79.9. The third-order valence-corrected chi connectivity index (χ3v) is 3.01. The smallest absolute Gasteiger partial charge is 0.247 e. The number of halogens is 3. The molecule has 2 N–H and O–H groups in total. The first kappa shape index (κ1) is 12.4. The minimum absolute atomic E-state index is 0.140. The highest BCUT2D eigenvalue weighted by Gasteiger charge is 2.10. The van der Waals surface area contributed by atoms with Gasteiger partial charge in [0.1, 0.15) is 17.8 Å². The topological polar surface area (TPSA) is 61.0 Å². The van der Waals surface area contributed by atoms with Crippen LogP contribution in [0.2, 0.25) is 10.2 Å². The van der Waals surface area contributed by atoms with Crippen molar-refractivity contribution >= 4 is 44.8 Å². The molecule has 0 amide bonds. The molecule has 88 valence electrons. The highest BCUT2D eigenvalue weighted by molar-refractivity contribution is 9.10. The fourth-order valence-corrected chi connectivity index (χ4v) is 1.72. The first-order valence-corrected chi connectivity index (χ1v) is 6.01. The van der Waals surface area contributed by atoms with Crippen LogP contribution in [0, 0.1) is 0 Å². The van der Waals surface area contributed by atoms with Crippen LogP contribution in [0.3, 0.4) is 0 Å². The lowest BCUT2D eigenvalue weighted by Crippen LogP contribution is -1.97. The molecule has 0 fully saturated rings. The third-order valence-electron chi connectivity index (χ3n) is 1.90. The largest absolute Gasteiger partial charge is 0.435 e. The van der Waals surface area contributed by atoms with Crippen LogP contribution in [-0.4, -0.2) is 9.97 Å². The lowest BCUT2D eigenvalue weighted by Gasteiger charge is -2.09. The first-order valence-electron chi connectivity index (χ1n) is 4.47. The average Bonchev–Trinajstić information content (AvgIpc) is 2.30. The molecule has 0 atom stereocenters. The molecular formula is C10H6BrCl2N3O. The van der Waals surface area contributed by atoms with Gasteiger partial charge in [0.25, 0.3) is 0 Å². The van der Waals surface area contributed by atoms with E-state index in [2.05, 4.69) is 25.9 Å². The second kappa shape index (κ2) is 5.08. The Morgan fingerprint density at radius 1 is 1.24 bits per heavy atom. The molecule has 0 unspecified atom stereocenters. The van der Waals surface area contributed by atoms with Gasteiger partial charge in [-0.2, -0.15) is 4.98 Å². The Labute approximate surface area is 116 Å². The van der Waals surface area contributed by atoms with Crippen LogP contribution in [0.5, 0.6) is 11.6 Å². The van der Waals surface area contributed by atoms with Gasteiger partial charge in [-0.3, -0.25) is 0 Å². The molecule has 0 aliphatic rings. The van der Waals surface area contributed by atoms with Gasteiger partial charge in [-0.05, 0) is 18.2 Å². The molecule has 0 saturated carbocycles. The second-order valence-electron chi connectivity index (χ2n) is 3.06. The Morgan fingerprint density at radius 3 is 2.76 bits per heavy atom. The van der Waals surface area contributed by atoms with Gasteiger partial charge in [-0.15, -0.1) is 0 Å². The molecule has 1 aromatic carbocycles. The van der Waals surface area contributed by atoms with Crippen LogP contribution in [0.15, 0.2) is 29.0 Å². The van der Waals surface area contributed by atoms with Gasteiger partial charge in [0, 0.05) is 4.47 Å². The Morgan fingerprint density at radius 2 is 2.00 bits per heavy atom. The van der Waals surface area contributed by atoms with Gasteiger partial charge in [-0.25, -0.2) is 4.98 Å². The van der Waals surface area contributed by atoms with Crippen molar-refractivity contribution < 1.29 is 4.74 Å². The maximum Gasteiger partial charge on any atom is 0.247 e. The zero-order valence-electron chi connectivity index (χ0n) is 8.32. The monoisotopic (exact) mass is 333 g/mol. The summed E-state index contributed by atoms with van der Waals surface area (Å²) < 4.78 is 6.31. The van der Waals surface area contributed by atoms with Gasteiger partial charge in [-0.1, -0.05) is 39.1 Å². The van der Waals surface area contributed by atoms with Crippen LogP contribution in [0.4, 0.5) is 5.69 Å². The third kappa shape index (κ3) is 2.80. The minimum atomic E-state index is 0.140. The van der Waals surface area contributed by atoms with Crippen molar-refractivity contribution in [3.63, 3.8) is 0 Å². The van der Waals surface area contributed by atoms with Crippen molar-refractivity contribution in [2.75, 3.05) is 5.73 Å². The van der Waals surface area contributed by atoms with Gasteiger partial charge < -0.3 is 10.5 Å². The molecule has 1 heterocycles. The fourth-order valence-electron chi connectivity index (χ4n) is 1.10. The molecule has 0 spiro atoms. The minimum Gasteiger partial charge on any atom is -0.435 e. The van der Waals surface area contributed by atoms with Crippen molar-refractivity contribution in [2.24, 2.45) is 0 Å². The van der Waals surface area contributed by atoms with Crippen LogP contribution >= 0.6 is 39.1 Å². The summed E-state index contributed by atoms with van der Waals surface area (Å²) in [6.07, 6.45) is 1.26. The zero-order chi connectivity index (χ0) is 12.4. The number of anilines is 1. The summed E-state index contributed by atoms with van der Waals surface area (Å²) in [7, 11) is 0. The average molecular weight is 335 g/mol. The van der Waals surface area contributed by atoms with E-state index < -0.39 is 0 Å².